The van der Waals surface area contributed by atoms with Crippen molar-refractivity contribution >= 4 is 12.1 Å². The first kappa shape index (κ1) is 11.7. The molecule has 16 heavy (non-hydrogen) atoms. The van der Waals surface area contributed by atoms with Gasteiger partial charge in [-0.15, -0.1) is 0 Å². The highest BCUT2D eigenvalue weighted by Crippen LogP contribution is 2.05. The van der Waals surface area contributed by atoms with Crippen LogP contribution in [0.25, 0.3) is 0 Å². The highest BCUT2D eigenvalue weighted by atomic mass is 16.6. The lowest BCUT2D eigenvalue weighted by Crippen LogP contribution is -2.26. The summed E-state index contributed by atoms with van der Waals surface area (Å²) in [5, 5.41) is 10.9. The Kier molecular flexibility index (Phi) is 4.04. The Bertz CT molecular complexity index is 432. The first-order chi connectivity index (χ1) is 7.67. The summed E-state index contributed by atoms with van der Waals surface area (Å²) in [6, 6.07) is 7.75. The second kappa shape index (κ2) is 5.51. The summed E-state index contributed by atoms with van der Waals surface area (Å²) in [7, 11) is 0. The molecule has 82 valence electrons. The minimum atomic E-state index is -0.781. The molecule has 1 amide bonds. The van der Waals surface area contributed by atoms with Gasteiger partial charge in [-0.2, -0.15) is 5.26 Å². The maximum absolute atomic E-state index is 11.4. The van der Waals surface area contributed by atoms with Crippen molar-refractivity contribution in [2.45, 2.75) is 6.92 Å². The molecule has 0 aliphatic heterocycles. The Hall–Kier alpha value is -2.35. The summed E-state index contributed by atoms with van der Waals surface area (Å²) in [4.78, 5) is 22.3. The van der Waals surface area contributed by atoms with E-state index in [4.69, 9.17) is 5.26 Å². The predicted octanol–water partition coefficient (Wildman–Crippen LogP) is 1.44. The van der Waals surface area contributed by atoms with Crippen LogP contribution in [0.1, 0.15) is 22.8 Å². The van der Waals surface area contributed by atoms with Crippen molar-refractivity contribution in [3.05, 3.63) is 35.4 Å². The minimum Gasteiger partial charge on any atom is -0.373 e. The SMILES string of the molecule is CCNC(=O)OC(=O)c1ccc(C#N)cc1. The lowest BCUT2D eigenvalue weighted by atomic mass is 10.1. The van der Waals surface area contributed by atoms with E-state index in [1.54, 1.807) is 6.92 Å². The molecule has 5 heteroatoms. The number of benzene rings is 1. The van der Waals surface area contributed by atoms with Crippen LogP contribution in [0.5, 0.6) is 0 Å². The number of ether oxygens (including phenoxy) is 1. The van der Waals surface area contributed by atoms with Crippen LogP contribution in [-0.2, 0) is 4.74 Å². The highest BCUT2D eigenvalue weighted by Gasteiger charge is 2.11. The van der Waals surface area contributed by atoms with Gasteiger partial charge in [0, 0.05) is 6.54 Å². The molecule has 1 rings (SSSR count). The van der Waals surface area contributed by atoms with Crippen LogP contribution in [0.15, 0.2) is 24.3 Å². The molecule has 0 bridgehead atoms. The van der Waals surface area contributed by atoms with E-state index in [9.17, 15) is 9.59 Å². The van der Waals surface area contributed by atoms with E-state index in [1.807, 2.05) is 6.07 Å². The summed E-state index contributed by atoms with van der Waals surface area (Å²) >= 11 is 0. The average Bonchev–Trinajstić information content (AvgIpc) is 2.29. The molecule has 1 aromatic rings. The van der Waals surface area contributed by atoms with Crippen molar-refractivity contribution < 1.29 is 14.3 Å². The number of amides is 1. The number of esters is 1. The largest absolute Gasteiger partial charge is 0.415 e. The second-order valence-electron chi connectivity index (χ2n) is 2.90. The zero-order valence-electron chi connectivity index (χ0n) is 8.69. The number of alkyl carbamates (subject to hydrolysis) is 1. The van der Waals surface area contributed by atoms with Crippen molar-refractivity contribution in [1.29, 1.82) is 5.26 Å². The number of nitriles is 1. The molecule has 0 radical (unpaired) electrons. The van der Waals surface area contributed by atoms with E-state index in [0.717, 1.165) is 0 Å². The molecule has 1 aromatic carbocycles. The number of carbonyl (C=O) groups excluding carboxylic acids is 2. The summed E-state index contributed by atoms with van der Waals surface area (Å²) in [5.41, 5.74) is 0.666. The lowest BCUT2D eigenvalue weighted by Gasteiger charge is -2.02. The van der Waals surface area contributed by atoms with Crippen molar-refractivity contribution in [3.63, 3.8) is 0 Å². The molecule has 0 fully saturated rings. The van der Waals surface area contributed by atoms with Crippen LogP contribution >= 0.6 is 0 Å². The molecular formula is C11H10N2O3. The van der Waals surface area contributed by atoms with E-state index in [2.05, 4.69) is 10.1 Å². The Balaban J connectivity index is 2.67. The Labute approximate surface area is 92.6 Å². The van der Waals surface area contributed by atoms with Gasteiger partial charge >= 0.3 is 12.1 Å². The van der Waals surface area contributed by atoms with Crippen molar-refractivity contribution in [1.82, 2.24) is 5.32 Å². The van der Waals surface area contributed by atoms with Crippen molar-refractivity contribution in [3.8, 4) is 6.07 Å². The number of carbonyl (C=O) groups is 2. The summed E-state index contributed by atoms with van der Waals surface area (Å²) in [5.74, 6) is -0.740. The zero-order chi connectivity index (χ0) is 12.0. The monoisotopic (exact) mass is 218 g/mol. The van der Waals surface area contributed by atoms with E-state index < -0.39 is 12.1 Å². The Morgan fingerprint density at radius 2 is 2.00 bits per heavy atom. The average molecular weight is 218 g/mol. The van der Waals surface area contributed by atoms with Gasteiger partial charge in [0.15, 0.2) is 0 Å². The standard InChI is InChI=1S/C11H10N2O3/c1-2-13-11(15)16-10(14)9-5-3-8(7-12)4-6-9/h3-6H,2H2,1H3,(H,13,15). The zero-order valence-corrected chi connectivity index (χ0v) is 8.69. The van der Waals surface area contributed by atoms with Crippen molar-refractivity contribution in [2.75, 3.05) is 6.54 Å². The van der Waals surface area contributed by atoms with Gasteiger partial charge in [-0.3, -0.25) is 0 Å². The third-order valence-electron chi connectivity index (χ3n) is 1.76. The molecule has 0 aromatic heterocycles. The van der Waals surface area contributed by atoms with Gasteiger partial charge in [-0.05, 0) is 31.2 Å². The van der Waals surface area contributed by atoms with E-state index >= 15 is 0 Å². The molecule has 1 N–H and O–H groups in total. The number of nitrogens with zero attached hydrogens (tertiary/aromatic N) is 1. The molecule has 0 saturated carbocycles. The molecule has 5 nitrogen and oxygen atoms in total. The molecule has 0 aliphatic carbocycles. The van der Waals surface area contributed by atoms with Gasteiger partial charge < -0.3 is 10.1 Å². The summed E-state index contributed by atoms with van der Waals surface area (Å²) in [6.45, 7) is 2.10. The maximum atomic E-state index is 11.4. The summed E-state index contributed by atoms with van der Waals surface area (Å²) < 4.78 is 4.48. The first-order valence-corrected chi connectivity index (χ1v) is 4.67. The fourth-order valence-electron chi connectivity index (χ4n) is 1.00. The van der Waals surface area contributed by atoms with Crippen LogP contribution < -0.4 is 5.32 Å². The number of nitrogens with one attached hydrogen (secondary N) is 1. The molecule has 0 spiro atoms. The molecular weight excluding hydrogens is 208 g/mol. The normalized spacial score (nSPS) is 9.00. The lowest BCUT2D eigenvalue weighted by molar-refractivity contribution is 0.0623. The van der Waals surface area contributed by atoms with E-state index in [1.165, 1.54) is 24.3 Å². The summed E-state index contributed by atoms with van der Waals surface area (Å²) in [6.07, 6.45) is -0.781. The van der Waals surface area contributed by atoms with E-state index in [0.29, 0.717) is 12.1 Å². The number of hydrogen-bond donors (Lipinski definition) is 1. The molecule has 0 unspecified atom stereocenters. The van der Waals surface area contributed by atoms with Gasteiger partial charge in [-0.25, -0.2) is 9.59 Å². The van der Waals surface area contributed by atoms with Crippen LogP contribution in [0.3, 0.4) is 0 Å². The van der Waals surface area contributed by atoms with Gasteiger partial charge in [0.1, 0.15) is 0 Å². The Morgan fingerprint density at radius 1 is 1.38 bits per heavy atom. The van der Waals surface area contributed by atoms with Crippen LogP contribution in [0.4, 0.5) is 4.79 Å². The van der Waals surface area contributed by atoms with E-state index in [-0.39, 0.29) is 5.56 Å². The van der Waals surface area contributed by atoms with Gasteiger partial charge in [-0.1, -0.05) is 0 Å². The minimum absolute atomic E-state index is 0.227. The maximum Gasteiger partial charge on any atom is 0.415 e. The molecule has 0 saturated heterocycles. The van der Waals surface area contributed by atoms with Gasteiger partial charge in [0.25, 0.3) is 0 Å². The van der Waals surface area contributed by atoms with Gasteiger partial charge in [0.05, 0.1) is 17.2 Å². The molecule has 0 aliphatic rings. The first-order valence-electron chi connectivity index (χ1n) is 4.67. The third kappa shape index (κ3) is 3.10. The highest BCUT2D eigenvalue weighted by molar-refractivity contribution is 5.96. The van der Waals surface area contributed by atoms with Crippen LogP contribution in [0, 0.1) is 11.3 Å². The Morgan fingerprint density at radius 3 is 2.50 bits per heavy atom. The predicted molar refractivity (Wildman–Crippen MR) is 55.6 cm³/mol. The third-order valence-corrected chi connectivity index (χ3v) is 1.76. The fourth-order valence-corrected chi connectivity index (χ4v) is 1.00. The topological polar surface area (TPSA) is 79.2 Å². The molecule has 0 heterocycles. The second-order valence-corrected chi connectivity index (χ2v) is 2.90. The number of hydrogen-bond acceptors (Lipinski definition) is 4. The van der Waals surface area contributed by atoms with Crippen molar-refractivity contribution in [2.24, 2.45) is 0 Å². The van der Waals surface area contributed by atoms with Gasteiger partial charge in [0.2, 0.25) is 0 Å². The van der Waals surface area contributed by atoms with Crippen LogP contribution in [-0.4, -0.2) is 18.6 Å². The fraction of sp³-hybridized carbons (Fsp3) is 0.182. The van der Waals surface area contributed by atoms with Crippen LogP contribution in [0.2, 0.25) is 0 Å². The smallest absolute Gasteiger partial charge is 0.373 e. The molecule has 0 atom stereocenters. The quantitative estimate of drug-likeness (QED) is 0.601. The number of rotatable bonds is 2.